The van der Waals surface area contributed by atoms with Crippen LogP contribution in [-0.4, -0.2) is 39.3 Å². The second kappa shape index (κ2) is 12.8. The Morgan fingerprint density at radius 1 is 1.00 bits per heavy atom. The molecule has 0 aliphatic heterocycles. The van der Waals surface area contributed by atoms with Gasteiger partial charge in [-0.3, -0.25) is 4.79 Å². The van der Waals surface area contributed by atoms with E-state index in [0.29, 0.717) is 35.3 Å². The third kappa shape index (κ3) is 6.46. The van der Waals surface area contributed by atoms with Crippen molar-refractivity contribution in [1.82, 2.24) is 0 Å². The number of nitrogens with one attached hydrogen (secondary N) is 1. The summed E-state index contributed by atoms with van der Waals surface area (Å²) in [5, 5.41) is 3.27. The highest BCUT2D eigenvalue weighted by Gasteiger charge is 2.24. The van der Waals surface area contributed by atoms with Crippen LogP contribution in [0.15, 0.2) is 48.5 Å². The summed E-state index contributed by atoms with van der Waals surface area (Å²) in [4.78, 5) is 26.4. The summed E-state index contributed by atoms with van der Waals surface area (Å²) in [5.41, 5.74) is 2.66. The summed E-state index contributed by atoms with van der Waals surface area (Å²) >= 11 is 1.33. The zero-order valence-corrected chi connectivity index (χ0v) is 22.0. The Kier molecular flexibility index (Phi) is 9.53. The Hall–Kier alpha value is -3.78. The maximum absolute atomic E-state index is 12.8. The first-order valence-corrected chi connectivity index (χ1v) is 12.5. The van der Waals surface area contributed by atoms with Gasteiger partial charge >= 0.3 is 5.97 Å². The lowest BCUT2D eigenvalue weighted by Crippen LogP contribution is -2.11. The number of ether oxygens (including phenoxy) is 4. The van der Waals surface area contributed by atoms with E-state index in [1.807, 2.05) is 57.2 Å². The summed E-state index contributed by atoms with van der Waals surface area (Å²) in [5.74, 6) is 1.10. The van der Waals surface area contributed by atoms with Gasteiger partial charge in [-0.25, -0.2) is 4.79 Å². The van der Waals surface area contributed by atoms with Gasteiger partial charge in [0.15, 0.2) is 11.5 Å². The maximum atomic E-state index is 12.8. The number of methoxy groups -OCH3 is 2. The molecule has 0 aliphatic rings. The predicted octanol–water partition coefficient (Wildman–Crippen LogP) is 6.36. The molecule has 1 N–H and O–H groups in total. The van der Waals surface area contributed by atoms with Gasteiger partial charge in [0.1, 0.15) is 16.3 Å². The number of hydrogen-bond donors (Lipinski definition) is 1. The van der Waals surface area contributed by atoms with Crippen LogP contribution in [0.2, 0.25) is 0 Å². The van der Waals surface area contributed by atoms with Gasteiger partial charge in [0.05, 0.1) is 27.4 Å². The van der Waals surface area contributed by atoms with E-state index in [9.17, 15) is 9.59 Å². The molecule has 0 saturated heterocycles. The first-order chi connectivity index (χ1) is 17.4. The van der Waals surface area contributed by atoms with Gasteiger partial charge in [0.25, 0.3) is 0 Å². The molecule has 3 rings (SSSR count). The predicted molar refractivity (Wildman–Crippen MR) is 143 cm³/mol. The van der Waals surface area contributed by atoms with Gasteiger partial charge in [-0.15, -0.1) is 11.3 Å². The molecule has 0 saturated carbocycles. The van der Waals surface area contributed by atoms with Crippen LogP contribution < -0.4 is 19.5 Å². The molecule has 3 aromatic rings. The van der Waals surface area contributed by atoms with Crippen LogP contribution in [0, 0.1) is 6.92 Å². The molecule has 0 fully saturated rings. The average Bonchev–Trinajstić information content (AvgIpc) is 3.21. The fourth-order valence-corrected chi connectivity index (χ4v) is 4.67. The number of carbonyl (C=O) groups excluding carboxylic acids is 2. The van der Waals surface area contributed by atoms with E-state index < -0.39 is 5.97 Å². The van der Waals surface area contributed by atoms with Gasteiger partial charge in [0, 0.05) is 16.5 Å². The number of amides is 1. The van der Waals surface area contributed by atoms with E-state index in [1.54, 1.807) is 19.3 Å². The Morgan fingerprint density at radius 3 is 2.39 bits per heavy atom. The third-order valence-electron chi connectivity index (χ3n) is 5.24. The lowest BCUT2D eigenvalue weighted by Gasteiger charge is -2.10. The fraction of sp³-hybridized carbons (Fsp3) is 0.286. The number of hydrogen-bond acceptors (Lipinski definition) is 7. The van der Waals surface area contributed by atoms with Crippen molar-refractivity contribution in [2.24, 2.45) is 0 Å². The number of anilines is 1. The molecule has 0 bridgehead atoms. The Balaban J connectivity index is 1.84. The van der Waals surface area contributed by atoms with Crippen molar-refractivity contribution >= 4 is 34.3 Å². The standard InChI is InChI=1S/C28H31NO6S/c1-6-16-35-22-14-8-19(17-23(22)32-4)9-15-24(30)29-27-26(28(31)33-5)25(18(3)36-27)20-10-12-21(13-11-20)34-7-2/h8-15,17H,6-7,16H2,1-5H3,(H,29,30)/b15-9+. The smallest absolute Gasteiger partial charge is 0.341 e. The van der Waals surface area contributed by atoms with Gasteiger partial charge in [-0.1, -0.05) is 25.1 Å². The highest BCUT2D eigenvalue weighted by molar-refractivity contribution is 7.17. The quantitative estimate of drug-likeness (QED) is 0.239. The SMILES string of the molecule is CCCOc1ccc(/C=C/C(=O)Nc2sc(C)c(-c3ccc(OCC)cc3)c2C(=O)OC)cc1OC. The lowest BCUT2D eigenvalue weighted by atomic mass is 10.0. The molecule has 7 nitrogen and oxygen atoms in total. The van der Waals surface area contributed by atoms with Gasteiger partial charge in [0.2, 0.25) is 5.91 Å². The first kappa shape index (κ1) is 26.8. The van der Waals surface area contributed by atoms with E-state index in [1.165, 1.54) is 24.5 Å². The lowest BCUT2D eigenvalue weighted by molar-refractivity contribution is -0.111. The van der Waals surface area contributed by atoms with Gasteiger partial charge in [-0.05, 0) is 61.7 Å². The van der Waals surface area contributed by atoms with Crippen molar-refractivity contribution < 1.29 is 28.5 Å². The molecule has 2 aromatic carbocycles. The van der Waals surface area contributed by atoms with Crippen LogP contribution in [-0.2, 0) is 9.53 Å². The number of thiophene rings is 1. The normalized spacial score (nSPS) is 10.8. The number of carbonyl (C=O) groups is 2. The average molecular weight is 510 g/mol. The van der Waals surface area contributed by atoms with E-state index in [4.69, 9.17) is 18.9 Å². The zero-order valence-electron chi connectivity index (χ0n) is 21.2. The molecule has 0 spiro atoms. The third-order valence-corrected chi connectivity index (χ3v) is 6.26. The van der Waals surface area contributed by atoms with Crippen molar-refractivity contribution in [2.75, 3.05) is 32.8 Å². The highest BCUT2D eigenvalue weighted by atomic mass is 32.1. The number of benzene rings is 2. The van der Waals surface area contributed by atoms with Crippen LogP contribution >= 0.6 is 11.3 Å². The molecule has 190 valence electrons. The zero-order chi connectivity index (χ0) is 26.1. The highest BCUT2D eigenvalue weighted by Crippen LogP contribution is 2.41. The van der Waals surface area contributed by atoms with Gasteiger partial charge in [-0.2, -0.15) is 0 Å². The Labute approximate surface area is 215 Å². The minimum absolute atomic E-state index is 0.324. The Bertz CT molecular complexity index is 1230. The van der Waals surface area contributed by atoms with E-state index in [-0.39, 0.29) is 5.91 Å². The molecular weight excluding hydrogens is 478 g/mol. The van der Waals surface area contributed by atoms with Crippen molar-refractivity contribution in [3.05, 3.63) is 64.5 Å². The van der Waals surface area contributed by atoms with Crippen molar-refractivity contribution in [3.63, 3.8) is 0 Å². The largest absolute Gasteiger partial charge is 0.494 e. The summed E-state index contributed by atoms with van der Waals surface area (Å²) in [7, 11) is 2.90. The fourth-order valence-electron chi connectivity index (χ4n) is 3.61. The van der Waals surface area contributed by atoms with E-state index in [2.05, 4.69) is 5.32 Å². The van der Waals surface area contributed by atoms with Crippen molar-refractivity contribution in [3.8, 4) is 28.4 Å². The van der Waals surface area contributed by atoms with Crippen molar-refractivity contribution in [1.29, 1.82) is 0 Å². The van der Waals surface area contributed by atoms with Crippen LogP contribution in [0.3, 0.4) is 0 Å². The van der Waals surface area contributed by atoms with Crippen molar-refractivity contribution in [2.45, 2.75) is 27.2 Å². The monoisotopic (exact) mass is 509 g/mol. The van der Waals surface area contributed by atoms with Crippen LogP contribution in [0.1, 0.15) is 41.1 Å². The molecule has 8 heteroatoms. The molecule has 0 atom stereocenters. The van der Waals surface area contributed by atoms with Crippen LogP contribution in [0.5, 0.6) is 17.2 Å². The molecule has 1 heterocycles. The van der Waals surface area contributed by atoms with E-state index in [0.717, 1.165) is 33.7 Å². The van der Waals surface area contributed by atoms with Gasteiger partial charge < -0.3 is 24.3 Å². The Morgan fingerprint density at radius 2 is 1.75 bits per heavy atom. The maximum Gasteiger partial charge on any atom is 0.341 e. The number of rotatable bonds is 11. The molecular formula is C28H31NO6S. The molecule has 0 aliphatic carbocycles. The van der Waals surface area contributed by atoms with Crippen LogP contribution in [0.25, 0.3) is 17.2 Å². The van der Waals surface area contributed by atoms with E-state index >= 15 is 0 Å². The molecule has 36 heavy (non-hydrogen) atoms. The second-order valence-corrected chi connectivity index (χ2v) is 8.99. The summed E-state index contributed by atoms with van der Waals surface area (Å²) in [6, 6.07) is 12.9. The summed E-state index contributed by atoms with van der Waals surface area (Å²) in [6.45, 7) is 7.02. The molecule has 1 aromatic heterocycles. The summed E-state index contributed by atoms with van der Waals surface area (Å²) < 4.78 is 21.6. The number of esters is 1. The first-order valence-electron chi connectivity index (χ1n) is 11.7. The number of aryl methyl sites for hydroxylation is 1. The minimum Gasteiger partial charge on any atom is -0.494 e. The second-order valence-electron chi connectivity index (χ2n) is 7.77. The molecule has 0 radical (unpaired) electrons. The molecule has 0 unspecified atom stereocenters. The topological polar surface area (TPSA) is 83.1 Å². The minimum atomic E-state index is -0.519. The molecule has 1 amide bonds. The summed E-state index contributed by atoms with van der Waals surface area (Å²) in [6.07, 6.45) is 3.97. The van der Waals surface area contributed by atoms with Crippen LogP contribution in [0.4, 0.5) is 5.00 Å².